The van der Waals surface area contributed by atoms with E-state index in [0.29, 0.717) is 28.6 Å². The minimum atomic E-state index is 0.608. The summed E-state index contributed by atoms with van der Waals surface area (Å²) in [6.07, 6.45) is 2.57. The maximum Gasteiger partial charge on any atom is 0.162 e. The van der Waals surface area contributed by atoms with Gasteiger partial charge in [0, 0.05) is 23.2 Å². The summed E-state index contributed by atoms with van der Waals surface area (Å²) in [5.41, 5.74) is 5.51. The van der Waals surface area contributed by atoms with Crippen molar-refractivity contribution < 1.29 is 19.0 Å². The molecule has 0 N–H and O–H groups in total. The van der Waals surface area contributed by atoms with Gasteiger partial charge in [-0.15, -0.1) is 0 Å². The van der Waals surface area contributed by atoms with Gasteiger partial charge in [0.15, 0.2) is 11.5 Å². The van der Waals surface area contributed by atoms with E-state index in [-0.39, 0.29) is 0 Å². The third-order valence-electron chi connectivity index (χ3n) is 5.86. The molecule has 1 aromatic heterocycles. The van der Waals surface area contributed by atoms with Crippen molar-refractivity contribution >= 4 is 17.2 Å². The van der Waals surface area contributed by atoms with E-state index >= 15 is 0 Å². The molecular weight excluding hydrogens is 438 g/mol. The molecule has 0 amide bonds. The lowest BCUT2D eigenvalue weighted by atomic mass is 9.93. The van der Waals surface area contributed by atoms with Gasteiger partial charge in [0.05, 0.1) is 19.7 Å². The third-order valence-corrected chi connectivity index (χ3v) is 5.86. The highest BCUT2D eigenvalue weighted by Crippen LogP contribution is 2.38. The van der Waals surface area contributed by atoms with Crippen LogP contribution >= 0.6 is 0 Å². The SMILES string of the molecule is COc1cc2nccc(Oc3ccc(-c4cc(C=O)ccc4-c4ccccc4)cc3)c2cc1OC. The molecule has 0 bridgehead atoms. The first-order chi connectivity index (χ1) is 17.2. The van der Waals surface area contributed by atoms with Gasteiger partial charge in [-0.05, 0) is 52.6 Å². The Balaban J connectivity index is 1.50. The molecule has 172 valence electrons. The summed E-state index contributed by atoms with van der Waals surface area (Å²) < 4.78 is 17.1. The Morgan fingerprint density at radius 3 is 2.11 bits per heavy atom. The van der Waals surface area contributed by atoms with E-state index in [4.69, 9.17) is 14.2 Å². The van der Waals surface area contributed by atoms with Crippen LogP contribution in [-0.4, -0.2) is 25.5 Å². The molecule has 5 heteroatoms. The van der Waals surface area contributed by atoms with Crippen molar-refractivity contribution in [3.05, 3.63) is 103 Å². The van der Waals surface area contributed by atoms with E-state index in [0.717, 1.165) is 39.4 Å². The molecular formula is C30H23NO4. The van der Waals surface area contributed by atoms with Gasteiger partial charge in [0.2, 0.25) is 0 Å². The van der Waals surface area contributed by atoms with Crippen molar-refractivity contribution in [3.8, 4) is 45.3 Å². The molecule has 0 aliphatic heterocycles. The highest BCUT2D eigenvalue weighted by Gasteiger charge is 2.13. The Morgan fingerprint density at radius 2 is 1.40 bits per heavy atom. The molecule has 0 fully saturated rings. The Bertz CT molecular complexity index is 1500. The van der Waals surface area contributed by atoms with Crippen LogP contribution < -0.4 is 14.2 Å². The van der Waals surface area contributed by atoms with Crippen LogP contribution in [0.15, 0.2) is 97.2 Å². The fourth-order valence-corrected chi connectivity index (χ4v) is 4.11. The zero-order chi connectivity index (χ0) is 24.2. The second-order valence-corrected chi connectivity index (χ2v) is 7.95. The first-order valence-electron chi connectivity index (χ1n) is 11.1. The number of ether oxygens (including phenoxy) is 3. The molecule has 1 heterocycles. The average Bonchev–Trinajstić information content (AvgIpc) is 2.93. The van der Waals surface area contributed by atoms with Crippen LogP contribution in [0, 0.1) is 0 Å². The Labute approximate surface area is 203 Å². The second-order valence-electron chi connectivity index (χ2n) is 7.95. The van der Waals surface area contributed by atoms with Gasteiger partial charge in [-0.25, -0.2) is 0 Å². The van der Waals surface area contributed by atoms with Gasteiger partial charge in [0.25, 0.3) is 0 Å². The molecule has 5 rings (SSSR count). The highest BCUT2D eigenvalue weighted by molar-refractivity contribution is 5.89. The summed E-state index contributed by atoms with van der Waals surface area (Å²) in [5, 5.41) is 0.819. The lowest BCUT2D eigenvalue weighted by Gasteiger charge is -2.14. The zero-order valence-corrected chi connectivity index (χ0v) is 19.4. The number of pyridine rings is 1. The van der Waals surface area contributed by atoms with E-state index in [1.807, 2.05) is 78.9 Å². The number of aromatic nitrogens is 1. The van der Waals surface area contributed by atoms with Crippen LogP contribution in [0.5, 0.6) is 23.0 Å². The van der Waals surface area contributed by atoms with Gasteiger partial charge < -0.3 is 14.2 Å². The molecule has 0 unspecified atom stereocenters. The number of aldehydes is 1. The number of carbonyl (C=O) groups excluding carboxylic acids is 1. The molecule has 5 aromatic rings. The fourth-order valence-electron chi connectivity index (χ4n) is 4.11. The van der Waals surface area contributed by atoms with Gasteiger partial charge in [0.1, 0.15) is 17.8 Å². The first-order valence-corrected chi connectivity index (χ1v) is 11.1. The lowest BCUT2D eigenvalue weighted by molar-refractivity contribution is 0.112. The third kappa shape index (κ3) is 4.44. The summed E-state index contributed by atoms with van der Waals surface area (Å²) in [6.45, 7) is 0. The molecule has 0 radical (unpaired) electrons. The van der Waals surface area contributed by atoms with E-state index in [1.165, 1.54) is 0 Å². The topological polar surface area (TPSA) is 57.7 Å². The standard InChI is InChI=1S/C30H23NO4/c1-33-29-17-26-27(18-30(29)34-2)31-15-14-28(26)35-23-11-9-22(10-12-23)25-16-20(19-32)8-13-24(25)21-6-4-3-5-7-21/h3-19H,1-2H3. The molecule has 0 saturated carbocycles. The molecule has 0 saturated heterocycles. The van der Waals surface area contributed by atoms with Crippen molar-refractivity contribution in [1.82, 2.24) is 4.98 Å². The van der Waals surface area contributed by atoms with Crippen LogP contribution in [0.1, 0.15) is 10.4 Å². The highest BCUT2D eigenvalue weighted by atomic mass is 16.5. The van der Waals surface area contributed by atoms with Crippen molar-refractivity contribution in [2.24, 2.45) is 0 Å². The van der Waals surface area contributed by atoms with Crippen molar-refractivity contribution in [1.29, 1.82) is 0 Å². The number of carbonyl (C=O) groups is 1. The monoisotopic (exact) mass is 461 g/mol. The van der Waals surface area contributed by atoms with Gasteiger partial charge in [-0.1, -0.05) is 54.6 Å². The number of benzene rings is 4. The molecule has 35 heavy (non-hydrogen) atoms. The number of fused-ring (bicyclic) bond motifs is 1. The van der Waals surface area contributed by atoms with Gasteiger partial charge >= 0.3 is 0 Å². The summed E-state index contributed by atoms with van der Waals surface area (Å²) in [4.78, 5) is 15.9. The van der Waals surface area contributed by atoms with Crippen LogP contribution in [-0.2, 0) is 0 Å². The average molecular weight is 462 g/mol. The predicted molar refractivity (Wildman–Crippen MR) is 138 cm³/mol. The van der Waals surface area contributed by atoms with Crippen LogP contribution in [0.2, 0.25) is 0 Å². The fraction of sp³-hybridized carbons (Fsp3) is 0.0667. The number of hydrogen-bond acceptors (Lipinski definition) is 5. The molecule has 0 atom stereocenters. The predicted octanol–water partition coefficient (Wildman–Crippen LogP) is 7.19. The maximum atomic E-state index is 11.4. The minimum Gasteiger partial charge on any atom is -0.493 e. The van der Waals surface area contributed by atoms with Gasteiger partial charge in [-0.3, -0.25) is 9.78 Å². The molecule has 5 nitrogen and oxygen atoms in total. The van der Waals surface area contributed by atoms with Crippen LogP contribution in [0.25, 0.3) is 33.2 Å². The molecule has 0 spiro atoms. The summed E-state index contributed by atoms with van der Waals surface area (Å²) in [6, 6.07) is 29.2. The number of methoxy groups -OCH3 is 2. The van der Waals surface area contributed by atoms with Gasteiger partial charge in [-0.2, -0.15) is 0 Å². The largest absolute Gasteiger partial charge is 0.493 e. The van der Waals surface area contributed by atoms with E-state index in [9.17, 15) is 4.79 Å². The summed E-state index contributed by atoms with van der Waals surface area (Å²) in [5.74, 6) is 2.57. The van der Waals surface area contributed by atoms with E-state index in [2.05, 4.69) is 17.1 Å². The smallest absolute Gasteiger partial charge is 0.162 e. The second kappa shape index (κ2) is 9.69. The lowest BCUT2D eigenvalue weighted by Crippen LogP contribution is -1.93. The zero-order valence-electron chi connectivity index (χ0n) is 19.4. The Hall–Kier alpha value is -4.64. The van der Waals surface area contributed by atoms with E-state index < -0.39 is 0 Å². The number of rotatable bonds is 7. The number of hydrogen-bond donors (Lipinski definition) is 0. The first kappa shape index (κ1) is 22.2. The normalized spacial score (nSPS) is 10.7. The van der Waals surface area contributed by atoms with Crippen LogP contribution in [0.3, 0.4) is 0 Å². The maximum absolute atomic E-state index is 11.4. The quantitative estimate of drug-likeness (QED) is 0.240. The van der Waals surface area contributed by atoms with Crippen molar-refractivity contribution in [2.75, 3.05) is 14.2 Å². The van der Waals surface area contributed by atoms with Crippen LogP contribution in [0.4, 0.5) is 0 Å². The molecule has 0 aliphatic carbocycles. The van der Waals surface area contributed by atoms with E-state index in [1.54, 1.807) is 20.4 Å². The summed E-state index contributed by atoms with van der Waals surface area (Å²) in [7, 11) is 3.20. The Kier molecular flexibility index (Phi) is 6.14. The van der Waals surface area contributed by atoms with Crippen molar-refractivity contribution in [2.45, 2.75) is 0 Å². The van der Waals surface area contributed by atoms with Crippen molar-refractivity contribution in [3.63, 3.8) is 0 Å². The molecule has 0 aliphatic rings. The minimum absolute atomic E-state index is 0.608. The molecule has 4 aromatic carbocycles. The summed E-state index contributed by atoms with van der Waals surface area (Å²) >= 11 is 0. The number of nitrogens with zero attached hydrogens (tertiary/aromatic N) is 1. The Morgan fingerprint density at radius 1 is 0.686 bits per heavy atom.